The van der Waals surface area contributed by atoms with Gasteiger partial charge in [-0.25, -0.2) is 9.97 Å². The summed E-state index contributed by atoms with van der Waals surface area (Å²) in [7, 11) is 2.01. The average Bonchev–Trinajstić information content (AvgIpc) is 3.45. The molecule has 172 valence electrons. The van der Waals surface area contributed by atoms with Crippen LogP contribution in [0, 0.1) is 0 Å². The lowest BCUT2D eigenvalue weighted by Gasteiger charge is -2.06. The SMILES string of the molecule is Cn1c(-c2ccccc2)nc2ccc(-c3nc(Cl)nc(-c4ccc5oc6ccccc6c5c4)n3)cc21. The Morgan fingerprint density at radius 3 is 2.17 bits per heavy atom. The maximum absolute atomic E-state index is 6.38. The average molecular weight is 488 g/mol. The summed E-state index contributed by atoms with van der Waals surface area (Å²) in [6.45, 7) is 0. The first-order valence-electron chi connectivity index (χ1n) is 11.5. The second-order valence-electron chi connectivity index (χ2n) is 8.62. The van der Waals surface area contributed by atoms with Gasteiger partial charge in [0.2, 0.25) is 5.28 Å². The number of halogens is 1. The molecular formula is C29H18ClN5O. The van der Waals surface area contributed by atoms with E-state index in [4.69, 9.17) is 26.0 Å². The first kappa shape index (κ1) is 20.8. The molecule has 0 fully saturated rings. The van der Waals surface area contributed by atoms with Crippen molar-refractivity contribution in [3.8, 4) is 34.2 Å². The third kappa shape index (κ3) is 3.34. The Bertz CT molecular complexity index is 1920. The molecule has 0 aliphatic rings. The summed E-state index contributed by atoms with van der Waals surface area (Å²) >= 11 is 6.38. The van der Waals surface area contributed by atoms with Gasteiger partial charge in [-0.1, -0.05) is 48.5 Å². The molecule has 0 bridgehead atoms. The summed E-state index contributed by atoms with van der Waals surface area (Å²) in [5.41, 5.74) is 6.28. The van der Waals surface area contributed by atoms with Crippen molar-refractivity contribution >= 4 is 44.6 Å². The fourth-order valence-electron chi connectivity index (χ4n) is 4.65. The molecule has 3 heterocycles. The Hall–Kier alpha value is -4.55. The maximum atomic E-state index is 6.38. The molecule has 0 amide bonds. The molecule has 3 aromatic heterocycles. The van der Waals surface area contributed by atoms with E-state index in [-0.39, 0.29) is 5.28 Å². The number of fused-ring (bicyclic) bond motifs is 4. The van der Waals surface area contributed by atoms with Crippen LogP contribution in [0.3, 0.4) is 0 Å². The zero-order valence-electron chi connectivity index (χ0n) is 19.2. The van der Waals surface area contributed by atoms with Crippen LogP contribution < -0.4 is 0 Å². The molecule has 0 N–H and O–H groups in total. The zero-order chi connectivity index (χ0) is 24.2. The van der Waals surface area contributed by atoms with Crippen LogP contribution in [0.15, 0.2) is 95.4 Å². The highest BCUT2D eigenvalue weighted by atomic mass is 35.5. The predicted molar refractivity (Wildman–Crippen MR) is 143 cm³/mol. The topological polar surface area (TPSA) is 69.6 Å². The van der Waals surface area contributed by atoms with Gasteiger partial charge >= 0.3 is 0 Å². The third-order valence-electron chi connectivity index (χ3n) is 6.41. The van der Waals surface area contributed by atoms with Crippen molar-refractivity contribution in [1.82, 2.24) is 24.5 Å². The van der Waals surface area contributed by atoms with Crippen LogP contribution in [0.25, 0.3) is 67.1 Å². The minimum Gasteiger partial charge on any atom is -0.456 e. The van der Waals surface area contributed by atoms with E-state index in [0.29, 0.717) is 11.6 Å². The fourth-order valence-corrected chi connectivity index (χ4v) is 4.81. The lowest BCUT2D eigenvalue weighted by Crippen LogP contribution is -1.97. The lowest BCUT2D eigenvalue weighted by atomic mass is 10.1. The monoisotopic (exact) mass is 487 g/mol. The molecule has 0 spiro atoms. The van der Waals surface area contributed by atoms with E-state index in [1.807, 2.05) is 85.9 Å². The number of hydrogen-bond donors (Lipinski definition) is 0. The number of aryl methyl sites for hydroxylation is 1. The number of nitrogens with zero attached hydrogens (tertiary/aromatic N) is 5. The van der Waals surface area contributed by atoms with Gasteiger partial charge in [-0.3, -0.25) is 0 Å². The van der Waals surface area contributed by atoms with Gasteiger partial charge in [0, 0.05) is 34.5 Å². The summed E-state index contributed by atoms with van der Waals surface area (Å²) in [5, 5.41) is 2.19. The van der Waals surface area contributed by atoms with E-state index in [2.05, 4.69) is 26.7 Å². The van der Waals surface area contributed by atoms with Gasteiger partial charge in [0.1, 0.15) is 17.0 Å². The molecule has 0 atom stereocenters. The number of benzene rings is 4. The van der Waals surface area contributed by atoms with Crippen molar-refractivity contribution in [2.75, 3.05) is 0 Å². The van der Waals surface area contributed by atoms with Gasteiger partial charge in [0.25, 0.3) is 0 Å². The maximum Gasteiger partial charge on any atom is 0.226 e. The first-order chi connectivity index (χ1) is 17.6. The van der Waals surface area contributed by atoms with E-state index in [1.54, 1.807) is 0 Å². The molecule has 0 aliphatic carbocycles. The van der Waals surface area contributed by atoms with Crippen LogP contribution in [0.1, 0.15) is 0 Å². The van der Waals surface area contributed by atoms with E-state index >= 15 is 0 Å². The van der Waals surface area contributed by atoms with Gasteiger partial charge in [-0.2, -0.15) is 9.97 Å². The summed E-state index contributed by atoms with van der Waals surface area (Å²) < 4.78 is 8.04. The van der Waals surface area contributed by atoms with Gasteiger partial charge in [-0.05, 0) is 54.1 Å². The van der Waals surface area contributed by atoms with Crippen molar-refractivity contribution < 1.29 is 4.42 Å². The van der Waals surface area contributed by atoms with Crippen molar-refractivity contribution in [1.29, 1.82) is 0 Å². The molecule has 0 saturated carbocycles. The standard InChI is InChI=1S/C29H18ClN5O/c1-35-23-16-19(11-13-22(23)31-28(35)17-7-3-2-4-8-17)27-32-26(33-29(30)34-27)18-12-14-25-21(15-18)20-9-5-6-10-24(20)36-25/h2-16H,1H3. The number of hydrogen-bond acceptors (Lipinski definition) is 5. The highest BCUT2D eigenvalue weighted by Gasteiger charge is 2.15. The Kier molecular flexibility index (Phi) is 4.62. The van der Waals surface area contributed by atoms with Crippen LogP contribution in [-0.4, -0.2) is 24.5 Å². The van der Waals surface area contributed by atoms with Gasteiger partial charge in [0.05, 0.1) is 11.0 Å². The van der Waals surface area contributed by atoms with Crippen molar-refractivity contribution in [2.24, 2.45) is 7.05 Å². The van der Waals surface area contributed by atoms with Gasteiger partial charge in [0.15, 0.2) is 11.6 Å². The zero-order valence-corrected chi connectivity index (χ0v) is 19.9. The summed E-state index contributed by atoms with van der Waals surface area (Å²) in [4.78, 5) is 18.5. The number of para-hydroxylation sites is 1. The Morgan fingerprint density at radius 1 is 0.639 bits per heavy atom. The first-order valence-corrected chi connectivity index (χ1v) is 11.9. The van der Waals surface area contributed by atoms with Crippen LogP contribution in [-0.2, 0) is 7.05 Å². The molecule has 7 rings (SSSR count). The second kappa shape index (κ2) is 8.00. The van der Waals surface area contributed by atoms with E-state index in [1.165, 1.54) is 0 Å². The molecule has 0 radical (unpaired) electrons. The molecule has 6 nitrogen and oxygen atoms in total. The molecule has 7 heteroatoms. The Balaban J connectivity index is 1.34. The van der Waals surface area contributed by atoms with E-state index < -0.39 is 0 Å². The summed E-state index contributed by atoms with van der Waals surface area (Å²) in [6, 6.07) is 30.0. The smallest absolute Gasteiger partial charge is 0.226 e. The van der Waals surface area contributed by atoms with Crippen LogP contribution in [0.5, 0.6) is 0 Å². The lowest BCUT2D eigenvalue weighted by molar-refractivity contribution is 0.669. The normalized spacial score (nSPS) is 11.6. The molecule has 0 aliphatic heterocycles. The molecule has 7 aromatic rings. The highest BCUT2D eigenvalue weighted by Crippen LogP contribution is 2.33. The van der Waals surface area contributed by atoms with E-state index in [9.17, 15) is 0 Å². The third-order valence-corrected chi connectivity index (χ3v) is 6.58. The minimum atomic E-state index is 0.141. The Morgan fingerprint density at radius 2 is 1.33 bits per heavy atom. The van der Waals surface area contributed by atoms with Crippen molar-refractivity contribution in [2.45, 2.75) is 0 Å². The number of aromatic nitrogens is 5. The predicted octanol–water partition coefficient (Wildman–Crippen LogP) is 7.31. The molecule has 36 heavy (non-hydrogen) atoms. The Labute approximate surface area is 210 Å². The fraction of sp³-hybridized carbons (Fsp3) is 0.0345. The highest BCUT2D eigenvalue weighted by molar-refractivity contribution is 6.28. The molecule has 0 saturated heterocycles. The quantitative estimate of drug-likeness (QED) is 0.261. The summed E-state index contributed by atoms with van der Waals surface area (Å²) in [5.74, 6) is 1.91. The summed E-state index contributed by atoms with van der Waals surface area (Å²) in [6.07, 6.45) is 0. The van der Waals surface area contributed by atoms with Crippen LogP contribution in [0.2, 0.25) is 5.28 Å². The second-order valence-corrected chi connectivity index (χ2v) is 8.96. The largest absolute Gasteiger partial charge is 0.456 e. The van der Waals surface area contributed by atoms with Crippen LogP contribution in [0.4, 0.5) is 0 Å². The van der Waals surface area contributed by atoms with Gasteiger partial charge < -0.3 is 8.98 Å². The molecule has 0 unspecified atom stereocenters. The van der Waals surface area contributed by atoms with E-state index in [0.717, 1.165) is 55.5 Å². The molecular weight excluding hydrogens is 470 g/mol. The number of rotatable bonds is 3. The van der Waals surface area contributed by atoms with Crippen molar-refractivity contribution in [3.05, 3.63) is 96.3 Å². The molecule has 4 aromatic carbocycles. The van der Waals surface area contributed by atoms with Crippen LogP contribution >= 0.6 is 11.6 Å². The number of imidazole rings is 1. The van der Waals surface area contributed by atoms with Gasteiger partial charge in [-0.15, -0.1) is 0 Å². The number of furan rings is 1. The minimum absolute atomic E-state index is 0.141. The van der Waals surface area contributed by atoms with Crippen molar-refractivity contribution in [3.63, 3.8) is 0 Å².